The molecule has 1 aliphatic rings. The van der Waals surface area contributed by atoms with Crippen LogP contribution in [-0.2, 0) is 9.59 Å². The van der Waals surface area contributed by atoms with Crippen LogP contribution >= 0.6 is 0 Å². The SMILES string of the molecule is CCCC1NC(=O)C(C)N(c2ccc(C)cc2C)C1=O. The highest BCUT2D eigenvalue weighted by molar-refractivity contribution is 6.08. The number of amides is 2. The Bertz CT molecular complexity index is 539. The zero-order valence-electron chi connectivity index (χ0n) is 12.6. The van der Waals surface area contributed by atoms with Crippen molar-refractivity contribution in [3.63, 3.8) is 0 Å². The van der Waals surface area contributed by atoms with Gasteiger partial charge in [-0.15, -0.1) is 0 Å². The average molecular weight is 274 g/mol. The molecule has 108 valence electrons. The molecule has 20 heavy (non-hydrogen) atoms. The third-order valence-corrected chi connectivity index (χ3v) is 3.81. The van der Waals surface area contributed by atoms with Crippen molar-refractivity contribution in [2.24, 2.45) is 0 Å². The summed E-state index contributed by atoms with van der Waals surface area (Å²) < 4.78 is 0. The quantitative estimate of drug-likeness (QED) is 0.919. The van der Waals surface area contributed by atoms with Crippen LogP contribution in [0.2, 0.25) is 0 Å². The van der Waals surface area contributed by atoms with Gasteiger partial charge in [-0.2, -0.15) is 0 Å². The Kier molecular flexibility index (Phi) is 4.12. The Hall–Kier alpha value is -1.84. The molecule has 2 atom stereocenters. The maximum absolute atomic E-state index is 12.6. The first-order valence-corrected chi connectivity index (χ1v) is 7.16. The molecule has 1 fully saturated rings. The van der Waals surface area contributed by atoms with Crippen LogP contribution in [-0.4, -0.2) is 23.9 Å². The molecule has 0 aromatic heterocycles. The molecule has 1 aromatic carbocycles. The van der Waals surface area contributed by atoms with Gasteiger partial charge in [0.1, 0.15) is 12.1 Å². The van der Waals surface area contributed by atoms with Gasteiger partial charge in [-0.25, -0.2) is 0 Å². The van der Waals surface area contributed by atoms with Gasteiger partial charge < -0.3 is 5.32 Å². The highest BCUT2D eigenvalue weighted by Crippen LogP contribution is 2.26. The Labute approximate surface area is 120 Å². The van der Waals surface area contributed by atoms with Gasteiger partial charge in [0.25, 0.3) is 0 Å². The monoisotopic (exact) mass is 274 g/mol. The Morgan fingerprint density at radius 1 is 1.25 bits per heavy atom. The van der Waals surface area contributed by atoms with E-state index in [4.69, 9.17) is 0 Å². The lowest BCUT2D eigenvalue weighted by atomic mass is 10.0. The van der Waals surface area contributed by atoms with Gasteiger partial charge in [-0.1, -0.05) is 31.0 Å². The van der Waals surface area contributed by atoms with E-state index in [0.717, 1.165) is 23.2 Å². The molecule has 4 nitrogen and oxygen atoms in total. The molecule has 2 amide bonds. The fraction of sp³-hybridized carbons (Fsp3) is 0.500. The Morgan fingerprint density at radius 3 is 2.55 bits per heavy atom. The minimum atomic E-state index is -0.461. The lowest BCUT2D eigenvalue weighted by Gasteiger charge is -2.38. The highest BCUT2D eigenvalue weighted by Gasteiger charge is 2.38. The van der Waals surface area contributed by atoms with Crippen molar-refractivity contribution in [2.75, 3.05) is 4.90 Å². The zero-order chi connectivity index (χ0) is 14.9. The van der Waals surface area contributed by atoms with E-state index in [1.165, 1.54) is 0 Å². The molecule has 1 saturated heterocycles. The van der Waals surface area contributed by atoms with Crippen molar-refractivity contribution >= 4 is 17.5 Å². The minimum absolute atomic E-state index is 0.00842. The summed E-state index contributed by atoms with van der Waals surface area (Å²) in [5.41, 5.74) is 3.01. The molecule has 1 N–H and O–H groups in total. The Morgan fingerprint density at radius 2 is 1.95 bits per heavy atom. The van der Waals surface area contributed by atoms with Gasteiger partial charge in [0.05, 0.1) is 0 Å². The summed E-state index contributed by atoms with van der Waals surface area (Å²) in [5, 5.41) is 2.82. The van der Waals surface area contributed by atoms with E-state index in [9.17, 15) is 9.59 Å². The number of piperazine rings is 1. The number of aryl methyl sites for hydroxylation is 2. The summed E-state index contributed by atoms with van der Waals surface area (Å²) in [6, 6.07) is 5.09. The molecule has 0 aliphatic carbocycles. The van der Waals surface area contributed by atoms with Crippen LogP contribution in [0.3, 0.4) is 0 Å². The van der Waals surface area contributed by atoms with Gasteiger partial charge in [0.2, 0.25) is 11.8 Å². The number of hydrogen-bond acceptors (Lipinski definition) is 2. The number of hydrogen-bond donors (Lipinski definition) is 1. The number of benzene rings is 1. The second-order valence-electron chi connectivity index (χ2n) is 5.52. The minimum Gasteiger partial charge on any atom is -0.342 e. The standard InChI is InChI=1S/C16H22N2O2/c1-5-6-13-16(20)18(12(4)15(19)17-13)14-8-7-10(2)9-11(14)3/h7-9,12-13H,5-6H2,1-4H3,(H,17,19). The van der Waals surface area contributed by atoms with Crippen LogP contribution in [0.1, 0.15) is 37.8 Å². The van der Waals surface area contributed by atoms with Crippen LogP contribution in [0.15, 0.2) is 18.2 Å². The molecule has 0 saturated carbocycles. The maximum atomic E-state index is 12.6. The summed E-state index contributed by atoms with van der Waals surface area (Å²) >= 11 is 0. The number of carbonyl (C=O) groups excluding carboxylic acids is 2. The molecule has 1 heterocycles. The van der Waals surface area contributed by atoms with Gasteiger partial charge in [0, 0.05) is 5.69 Å². The number of anilines is 1. The van der Waals surface area contributed by atoms with Crippen LogP contribution in [0.25, 0.3) is 0 Å². The summed E-state index contributed by atoms with van der Waals surface area (Å²) in [5.74, 6) is -0.0890. The van der Waals surface area contributed by atoms with E-state index in [1.807, 2.05) is 39.0 Å². The third-order valence-electron chi connectivity index (χ3n) is 3.81. The first-order valence-electron chi connectivity index (χ1n) is 7.16. The average Bonchev–Trinajstić information content (AvgIpc) is 2.39. The van der Waals surface area contributed by atoms with Crippen molar-refractivity contribution in [3.8, 4) is 0 Å². The van der Waals surface area contributed by atoms with Gasteiger partial charge >= 0.3 is 0 Å². The van der Waals surface area contributed by atoms with E-state index in [0.29, 0.717) is 6.42 Å². The molecule has 0 bridgehead atoms. The molecule has 1 aliphatic heterocycles. The predicted octanol–water partition coefficient (Wildman–Crippen LogP) is 2.32. The van der Waals surface area contributed by atoms with E-state index in [2.05, 4.69) is 5.32 Å². The summed E-state index contributed by atoms with van der Waals surface area (Å²) in [6.45, 7) is 7.78. The molecule has 0 radical (unpaired) electrons. The van der Waals surface area contributed by atoms with E-state index < -0.39 is 12.1 Å². The van der Waals surface area contributed by atoms with Crippen molar-refractivity contribution in [3.05, 3.63) is 29.3 Å². The molecular weight excluding hydrogens is 252 g/mol. The van der Waals surface area contributed by atoms with E-state index in [1.54, 1.807) is 11.8 Å². The molecule has 4 heteroatoms. The van der Waals surface area contributed by atoms with Crippen molar-refractivity contribution in [2.45, 2.75) is 52.6 Å². The van der Waals surface area contributed by atoms with Crippen molar-refractivity contribution < 1.29 is 9.59 Å². The largest absolute Gasteiger partial charge is 0.342 e. The number of carbonyl (C=O) groups is 2. The molecule has 0 spiro atoms. The number of nitrogens with one attached hydrogen (secondary N) is 1. The van der Waals surface area contributed by atoms with Crippen LogP contribution in [0, 0.1) is 13.8 Å². The topological polar surface area (TPSA) is 49.4 Å². The normalized spacial score (nSPS) is 22.9. The molecular formula is C16H22N2O2. The van der Waals surface area contributed by atoms with Crippen LogP contribution in [0.4, 0.5) is 5.69 Å². The van der Waals surface area contributed by atoms with Gasteiger partial charge in [-0.05, 0) is 38.8 Å². The predicted molar refractivity (Wildman–Crippen MR) is 79.7 cm³/mol. The summed E-state index contributed by atoms with van der Waals surface area (Å²) in [7, 11) is 0. The zero-order valence-corrected chi connectivity index (χ0v) is 12.6. The Balaban J connectivity index is 2.40. The summed E-state index contributed by atoms with van der Waals surface area (Å²) in [6.07, 6.45) is 1.55. The number of nitrogens with zero attached hydrogens (tertiary/aromatic N) is 1. The lowest BCUT2D eigenvalue weighted by Crippen LogP contribution is -2.62. The molecule has 2 rings (SSSR count). The van der Waals surface area contributed by atoms with Gasteiger partial charge in [0.15, 0.2) is 0 Å². The van der Waals surface area contributed by atoms with Gasteiger partial charge in [-0.3, -0.25) is 14.5 Å². The molecule has 1 aromatic rings. The fourth-order valence-electron chi connectivity index (χ4n) is 2.72. The second kappa shape index (κ2) is 5.65. The molecule has 2 unspecified atom stereocenters. The third kappa shape index (κ3) is 2.55. The summed E-state index contributed by atoms with van der Waals surface area (Å²) in [4.78, 5) is 26.3. The maximum Gasteiger partial charge on any atom is 0.250 e. The first kappa shape index (κ1) is 14.6. The highest BCUT2D eigenvalue weighted by atomic mass is 16.2. The van der Waals surface area contributed by atoms with Crippen LogP contribution in [0.5, 0.6) is 0 Å². The van der Waals surface area contributed by atoms with Crippen molar-refractivity contribution in [1.82, 2.24) is 5.32 Å². The first-order chi connectivity index (χ1) is 9.45. The second-order valence-corrected chi connectivity index (χ2v) is 5.52. The fourth-order valence-corrected chi connectivity index (χ4v) is 2.72. The number of rotatable bonds is 3. The van der Waals surface area contributed by atoms with Crippen LogP contribution < -0.4 is 10.2 Å². The van der Waals surface area contributed by atoms with E-state index in [-0.39, 0.29) is 11.8 Å². The van der Waals surface area contributed by atoms with E-state index >= 15 is 0 Å². The lowest BCUT2D eigenvalue weighted by molar-refractivity contribution is -0.133. The smallest absolute Gasteiger partial charge is 0.250 e. The van der Waals surface area contributed by atoms with Crippen molar-refractivity contribution in [1.29, 1.82) is 0 Å².